The number of likely N-dealkylation sites (tertiary alicyclic amines) is 1. The molecule has 0 bridgehead atoms. The van der Waals surface area contributed by atoms with Gasteiger partial charge in [-0.25, -0.2) is 0 Å². The number of nitrogens with one attached hydrogen (secondary N) is 1. The van der Waals surface area contributed by atoms with Crippen LogP contribution in [0.5, 0.6) is 0 Å². The lowest BCUT2D eigenvalue weighted by Crippen LogP contribution is -2.41. The summed E-state index contributed by atoms with van der Waals surface area (Å²) in [6.45, 7) is 2.54. The summed E-state index contributed by atoms with van der Waals surface area (Å²) in [6, 6.07) is 18.7. The minimum atomic E-state index is -0.883. The van der Waals surface area contributed by atoms with Crippen LogP contribution in [0.25, 0.3) is 6.08 Å². The molecule has 0 saturated carbocycles. The molecule has 2 aromatic carbocycles. The molecule has 6 nitrogen and oxygen atoms in total. The van der Waals surface area contributed by atoms with Crippen LogP contribution in [0.4, 0.5) is 5.69 Å². The Morgan fingerprint density at radius 3 is 2.23 bits per heavy atom. The van der Waals surface area contributed by atoms with E-state index in [0.717, 1.165) is 5.56 Å². The van der Waals surface area contributed by atoms with Crippen molar-refractivity contribution in [2.75, 3.05) is 18.4 Å². The highest BCUT2D eigenvalue weighted by Gasteiger charge is 2.29. The van der Waals surface area contributed by atoms with Gasteiger partial charge in [0.1, 0.15) is 0 Å². The highest BCUT2D eigenvalue weighted by Crippen LogP contribution is 2.20. The Balaban J connectivity index is 1.43. The van der Waals surface area contributed by atoms with Crippen LogP contribution in [-0.4, -0.2) is 41.9 Å². The lowest BCUT2D eigenvalue weighted by Gasteiger charge is -2.30. The molecule has 1 fully saturated rings. The van der Waals surface area contributed by atoms with Crippen molar-refractivity contribution in [2.45, 2.75) is 25.9 Å². The van der Waals surface area contributed by atoms with E-state index in [1.165, 1.54) is 0 Å². The molecule has 2 aromatic rings. The van der Waals surface area contributed by atoms with Gasteiger partial charge in [0.2, 0.25) is 5.91 Å². The Labute approximate surface area is 176 Å². The van der Waals surface area contributed by atoms with Gasteiger partial charge in [0.15, 0.2) is 6.10 Å². The summed E-state index contributed by atoms with van der Waals surface area (Å²) < 4.78 is 5.36. The van der Waals surface area contributed by atoms with Crippen LogP contribution < -0.4 is 5.32 Å². The van der Waals surface area contributed by atoms with E-state index in [4.69, 9.17) is 4.74 Å². The molecule has 2 amide bonds. The van der Waals surface area contributed by atoms with Gasteiger partial charge < -0.3 is 15.0 Å². The van der Waals surface area contributed by atoms with E-state index in [1.807, 2.05) is 48.5 Å². The van der Waals surface area contributed by atoms with Crippen molar-refractivity contribution in [3.8, 4) is 0 Å². The van der Waals surface area contributed by atoms with Crippen LogP contribution in [0.3, 0.4) is 0 Å². The summed E-state index contributed by atoms with van der Waals surface area (Å²) >= 11 is 0. The largest absolute Gasteiger partial charge is 0.452 e. The third kappa shape index (κ3) is 6.04. The molecule has 1 atom stereocenters. The second-order valence-corrected chi connectivity index (χ2v) is 7.28. The fraction of sp³-hybridized carbons (Fsp3) is 0.292. The first-order valence-electron chi connectivity index (χ1n) is 10.1. The van der Waals surface area contributed by atoms with E-state index in [0.29, 0.717) is 31.6 Å². The van der Waals surface area contributed by atoms with E-state index in [9.17, 15) is 14.4 Å². The molecule has 1 saturated heterocycles. The van der Waals surface area contributed by atoms with Crippen LogP contribution in [0.15, 0.2) is 66.7 Å². The smallest absolute Gasteiger partial charge is 0.309 e. The molecule has 0 unspecified atom stereocenters. The Morgan fingerprint density at radius 1 is 1.00 bits per heavy atom. The number of anilines is 1. The van der Waals surface area contributed by atoms with Gasteiger partial charge in [-0.15, -0.1) is 0 Å². The van der Waals surface area contributed by atoms with Crippen molar-refractivity contribution in [1.29, 1.82) is 0 Å². The number of piperidine rings is 1. The van der Waals surface area contributed by atoms with Crippen molar-refractivity contribution >= 4 is 29.5 Å². The zero-order valence-corrected chi connectivity index (χ0v) is 17.0. The zero-order valence-electron chi connectivity index (χ0n) is 17.0. The molecule has 1 aliphatic heterocycles. The van der Waals surface area contributed by atoms with Crippen LogP contribution >= 0.6 is 0 Å². The minimum absolute atomic E-state index is 0.0683. The Kier molecular flexibility index (Phi) is 7.38. The molecule has 1 heterocycles. The van der Waals surface area contributed by atoms with E-state index < -0.39 is 12.1 Å². The molecule has 0 spiro atoms. The van der Waals surface area contributed by atoms with Crippen molar-refractivity contribution in [3.05, 3.63) is 72.3 Å². The number of carbonyl (C=O) groups excluding carboxylic acids is 3. The molecule has 0 aromatic heterocycles. The number of nitrogens with zero attached hydrogens (tertiary/aromatic N) is 1. The summed E-state index contributed by atoms with van der Waals surface area (Å²) in [6.07, 6.45) is 3.51. The predicted octanol–water partition coefficient (Wildman–Crippen LogP) is 3.51. The average Bonchev–Trinajstić information content (AvgIpc) is 2.79. The molecular formula is C24H26N2O4. The topological polar surface area (TPSA) is 75.7 Å². The number of carbonyl (C=O) groups is 3. The Morgan fingerprint density at radius 2 is 1.60 bits per heavy atom. The average molecular weight is 406 g/mol. The molecule has 1 N–H and O–H groups in total. The fourth-order valence-corrected chi connectivity index (χ4v) is 3.26. The molecule has 156 valence electrons. The van der Waals surface area contributed by atoms with Gasteiger partial charge in [-0.05, 0) is 43.5 Å². The maximum absolute atomic E-state index is 12.4. The number of benzene rings is 2. The molecule has 0 aliphatic carbocycles. The number of para-hydroxylation sites is 1. The summed E-state index contributed by atoms with van der Waals surface area (Å²) in [5.74, 6) is -1.13. The number of ether oxygens (including phenoxy) is 1. The van der Waals surface area contributed by atoms with E-state index in [1.54, 1.807) is 36.1 Å². The van der Waals surface area contributed by atoms with Crippen LogP contribution in [0.1, 0.15) is 25.3 Å². The van der Waals surface area contributed by atoms with Crippen LogP contribution in [0.2, 0.25) is 0 Å². The van der Waals surface area contributed by atoms with Crippen molar-refractivity contribution < 1.29 is 19.1 Å². The van der Waals surface area contributed by atoms with Gasteiger partial charge in [-0.1, -0.05) is 48.5 Å². The van der Waals surface area contributed by atoms with Gasteiger partial charge in [-0.3, -0.25) is 14.4 Å². The maximum Gasteiger partial charge on any atom is 0.309 e. The third-order valence-corrected chi connectivity index (χ3v) is 5.06. The minimum Gasteiger partial charge on any atom is -0.452 e. The molecule has 1 aliphatic rings. The predicted molar refractivity (Wildman–Crippen MR) is 115 cm³/mol. The second-order valence-electron chi connectivity index (χ2n) is 7.28. The molecule has 0 radical (unpaired) electrons. The lowest BCUT2D eigenvalue weighted by atomic mass is 9.97. The van der Waals surface area contributed by atoms with E-state index >= 15 is 0 Å². The van der Waals surface area contributed by atoms with Gasteiger partial charge in [0.25, 0.3) is 5.91 Å². The molecule has 30 heavy (non-hydrogen) atoms. The lowest BCUT2D eigenvalue weighted by molar-refractivity contribution is -0.159. The standard InChI is InChI=1S/C24H26N2O4/c1-18(23(28)25-21-10-6-3-7-11-21)30-24(29)20-14-16-26(17-15-20)22(27)13-12-19-8-4-2-5-9-19/h2-13,18,20H,14-17H2,1H3,(H,25,28)/b13-12+/t18-/m1/s1. The third-order valence-electron chi connectivity index (χ3n) is 5.06. The summed E-state index contributed by atoms with van der Waals surface area (Å²) in [7, 11) is 0. The fourth-order valence-electron chi connectivity index (χ4n) is 3.26. The monoisotopic (exact) mass is 406 g/mol. The summed E-state index contributed by atoms with van der Waals surface area (Å²) in [4.78, 5) is 38.7. The number of amides is 2. The first kappa shape index (κ1) is 21.3. The van der Waals surface area contributed by atoms with E-state index in [-0.39, 0.29) is 17.7 Å². The number of hydrogen-bond acceptors (Lipinski definition) is 4. The quantitative estimate of drug-likeness (QED) is 0.588. The Hall–Kier alpha value is -3.41. The van der Waals surface area contributed by atoms with Gasteiger partial charge >= 0.3 is 5.97 Å². The first-order valence-corrected chi connectivity index (χ1v) is 10.1. The molecular weight excluding hydrogens is 380 g/mol. The molecule has 3 rings (SSSR count). The van der Waals surface area contributed by atoms with Crippen molar-refractivity contribution in [3.63, 3.8) is 0 Å². The SMILES string of the molecule is C[C@@H](OC(=O)C1CCN(C(=O)/C=C/c2ccccc2)CC1)C(=O)Nc1ccccc1. The normalized spacial score (nSPS) is 15.6. The highest BCUT2D eigenvalue weighted by molar-refractivity contribution is 5.95. The van der Waals surface area contributed by atoms with Crippen LogP contribution in [-0.2, 0) is 19.1 Å². The van der Waals surface area contributed by atoms with Crippen molar-refractivity contribution in [1.82, 2.24) is 4.90 Å². The second kappa shape index (κ2) is 10.4. The van der Waals surface area contributed by atoms with Crippen molar-refractivity contribution in [2.24, 2.45) is 5.92 Å². The maximum atomic E-state index is 12.4. The molecule has 6 heteroatoms. The van der Waals surface area contributed by atoms with E-state index in [2.05, 4.69) is 5.32 Å². The van der Waals surface area contributed by atoms with Crippen LogP contribution in [0, 0.1) is 5.92 Å². The zero-order chi connectivity index (χ0) is 21.3. The van der Waals surface area contributed by atoms with Gasteiger partial charge in [-0.2, -0.15) is 0 Å². The highest BCUT2D eigenvalue weighted by atomic mass is 16.5. The Bertz CT molecular complexity index is 888. The number of rotatable bonds is 6. The first-order chi connectivity index (χ1) is 14.5. The summed E-state index contributed by atoms with van der Waals surface area (Å²) in [5, 5.41) is 2.72. The number of hydrogen-bond donors (Lipinski definition) is 1. The van der Waals surface area contributed by atoms with Gasteiger partial charge in [0, 0.05) is 24.9 Å². The summed E-state index contributed by atoms with van der Waals surface area (Å²) in [5.41, 5.74) is 1.62. The van der Waals surface area contributed by atoms with Gasteiger partial charge in [0.05, 0.1) is 5.92 Å². The number of esters is 1.